The van der Waals surface area contributed by atoms with Gasteiger partial charge in [0, 0.05) is 62.2 Å². The van der Waals surface area contributed by atoms with Gasteiger partial charge in [0.1, 0.15) is 20.5 Å². The molecule has 4 heterocycles. The lowest BCUT2D eigenvalue weighted by Crippen LogP contribution is -2.24. The lowest BCUT2D eigenvalue weighted by atomic mass is 9.88. The molecule has 2 aliphatic rings. The molecule has 0 bridgehead atoms. The van der Waals surface area contributed by atoms with Gasteiger partial charge in [-0.15, -0.1) is 0 Å². The minimum Gasteiger partial charge on any atom is -0.384 e. The molecule has 0 saturated carbocycles. The number of methoxy groups -OCH3 is 2. The molecule has 2 atom stereocenters. The molecule has 7 nitrogen and oxygen atoms in total. The van der Waals surface area contributed by atoms with Crippen molar-refractivity contribution in [1.82, 2.24) is 19.1 Å². The molecule has 0 saturated heterocycles. The average molecular weight is 757 g/mol. The van der Waals surface area contributed by atoms with Crippen molar-refractivity contribution in [3.8, 4) is 0 Å². The first-order valence-electron chi connectivity index (χ1n) is 14.2. The average Bonchev–Trinajstić information content (AvgIpc) is 3.39. The van der Waals surface area contributed by atoms with Crippen LogP contribution < -0.4 is 0 Å². The molecule has 0 radical (unpaired) electrons. The van der Waals surface area contributed by atoms with Crippen LogP contribution in [0.5, 0.6) is 0 Å². The Morgan fingerprint density at radius 1 is 0.780 bits per heavy atom. The molecule has 2 unspecified atom stereocenters. The van der Waals surface area contributed by atoms with E-state index in [1.807, 2.05) is 12.1 Å². The van der Waals surface area contributed by atoms with E-state index in [1.54, 1.807) is 14.2 Å². The molecule has 10 heteroatoms. The molecule has 0 fully saturated rings. The topological polar surface area (TPSA) is 63.3 Å². The van der Waals surface area contributed by atoms with Crippen molar-refractivity contribution in [2.45, 2.75) is 51.6 Å². The molecule has 4 aromatic rings. The maximum absolute atomic E-state index is 5.90. The maximum Gasteiger partial charge on any atom is 0.141 e. The second-order valence-corrected chi connectivity index (χ2v) is 13.2. The Kier molecular flexibility index (Phi) is 12.3. The van der Waals surface area contributed by atoms with Crippen molar-refractivity contribution in [2.75, 3.05) is 39.4 Å². The summed E-state index contributed by atoms with van der Waals surface area (Å²) in [5.74, 6) is 0.807. The zero-order chi connectivity index (χ0) is 29.5. The number of halogens is 3. The summed E-state index contributed by atoms with van der Waals surface area (Å²) in [4.78, 5) is 9.18. The minimum atomic E-state index is 0.298. The number of aryl methyl sites for hydroxylation is 2. The third kappa shape index (κ3) is 7.81. The number of ether oxygens (including phenoxy) is 3. The van der Waals surface area contributed by atoms with Crippen molar-refractivity contribution in [3.05, 3.63) is 56.0 Å². The second-order valence-electron chi connectivity index (χ2n) is 10.7. The lowest BCUT2D eigenvalue weighted by Gasteiger charge is -2.23. The summed E-state index contributed by atoms with van der Waals surface area (Å²) in [5.41, 5.74) is 7.98. The normalized spacial score (nSPS) is 17.9. The van der Waals surface area contributed by atoms with Crippen LogP contribution in [-0.4, -0.2) is 64.6 Å². The number of alkyl halides is 1. The van der Waals surface area contributed by atoms with E-state index < -0.39 is 0 Å². The molecule has 0 spiro atoms. The van der Waals surface area contributed by atoms with Crippen LogP contribution in [0.3, 0.4) is 0 Å². The molecule has 0 N–H and O–H groups in total. The van der Waals surface area contributed by atoms with Crippen LogP contribution in [0.15, 0.2) is 33.5 Å². The van der Waals surface area contributed by atoms with E-state index in [1.165, 1.54) is 52.5 Å². The number of aromatic nitrogens is 4. The monoisotopic (exact) mass is 754 g/mol. The van der Waals surface area contributed by atoms with Crippen LogP contribution in [-0.2, 0) is 54.0 Å². The molecule has 0 aromatic carbocycles. The Morgan fingerprint density at radius 3 is 1.83 bits per heavy atom. The van der Waals surface area contributed by atoms with E-state index in [4.69, 9.17) is 9.47 Å². The molecule has 4 aromatic heterocycles. The fourth-order valence-electron chi connectivity index (χ4n) is 5.88. The largest absolute Gasteiger partial charge is 0.384 e. The Bertz CT molecular complexity index is 1450. The zero-order valence-electron chi connectivity index (χ0n) is 24.7. The van der Waals surface area contributed by atoms with Gasteiger partial charge in [0.05, 0.1) is 25.9 Å². The van der Waals surface area contributed by atoms with Crippen molar-refractivity contribution in [3.63, 3.8) is 0 Å². The van der Waals surface area contributed by atoms with Gasteiger partial charge in [-0.3, -0.25) is 0 Å². The molecule has 2 aliphatic carbocycles. The highest BCUT2D eigenvalue weighted by atomic mass is 79.9. The predicted octanol–water partition coefficient (Wildman–Crippen LogP) is 7.34. The predicted molar refractivity (Wildman–Crippen MR) is 177 cm³/mol. The molecule has 6 rings (SSSR count). The smallest absolute Gasteiger partial charge is 0.141 e. The molecule has 0 aliphatic heterocycles. The first-order chi connectivity index (χ1) is 19.8. The molecular formula is C31H41Br3N4O3. The van der Waals surface area contributed by atoms with Gasteiger partial charge in [0.25, 0.3) is 0 Å². The quantitative estimate of drug-likeness (QED) is 0.117. The van der Waals surface area contributed by atoms with E-state index in [0.717, 1.165) is 57.6 Å². The highest BCUT2D eigenvalue weighted by Gasteiger charge is 2.25. The highest BCUT2D eigenvalue weighted by Crippen LogP contribution is 2.34. The molecule has 41 heavy (non-hydrogen) atoms. The number of rotatable bonds is 6. The summed E-state index contributed by atoms with van der Waals surface area (Å²) >= 11 is 10.1. The van der Waals surface area contributed by atoms with Gasteiger partial charge >= 0.3 is 0 Å². The van der Waals surface area contributed by atoms with Gasteiger partial charge in [0.2, 0.25) is 0 Å². The van der Waals surface area contributed by atoms with Gasteiger partial charge in [0.15, 0.2) is 0 Å². The standard InChI is InChI=1S/C15H19BrN2O2.C13H15BrN2.C3H7BrO/c1-18-13-5-3-10(20-8-7-19-2)9-12(13)11-4-6-14(16)17-15(11)18;1-8-3-5-11-10(7-8)9-4-6-12(14)15-13(9)16(11)2;1-5-3-2-4/h4,6,10H,3,5,7-9H2,1-2H3;4,6,8H,3,5,7H2,1-2H3;2-3H2,1H3. The summed E-state index contributed by atoms with van der Waals surface area (Å²) in [7, 11) is 7.63. The number of hydrogen-bond donors (Lipinski definition) is 0. The fourth-order valence-corrected chi connectivity index (χ4v) is 6.80. The van der Waals surface area contributed by atoms with E-state index in [-0.39, 0.29) is 0 Å². The number of pyridine rings is 2. The van der Waals surface area contributed by atoms with Crippen LogP contribution >= 0.6 is 47.8 Å². The van der Waals surface area contributed by atoms with Gasteiger partial charge in [-0.25, -0.2) is 9.97 Å². The van der Waals surface area contributed by atoms with Gasteiger partial charge in [-0.1, -0.05) is 22.9 Å². The summed E-state index contributed by atoms with van der Waals surface area (Å²) in [6, 6.07) is 8.41. The van der Waals surface area contributed by atoms with Crippen molar-refractivity contribution >= 4 is 69.9 Å². The van der Waals surface area contributed by atoms with E-state index in [9.17, 15) is 0 Å². The number of nitrogens with zero attached hydrogens (tertiary/aromatic N) is 4. The summed E-state index contributed by atoms with van der Waals surface area (Å²) in [5, 5.41) is 3.53. The minimum absolute atomic E-state index is 0.298. The van der Waals surface area contributed by atoms with Crippen molar-refractivity contribution in [2.24, 2.45) is 20.0 Å². The Hall–Kier alpha value is -1.30. The van der Waals surface area contributed by atoms with E-state index in [2.05, 4.69) is 105 Å². The third-order valence-electron chi connectivity index (χ3n) is 7.96. The van der Waals surface area contributed by atoms with Crippen molar-refractivity contribution in [1.29, 1.82) is 0 Å². The lowest BCUT2D eigenvalue weighted by molar-refractivity contribution is 0.0110. The second kappa shape index (κ2) is 15.4. The van der Waals surface area contributed by atoms with Crippen LogP contribution in [0.4, 0.5) is 0 Å². The van der Waals surface area contributed by atoms with E-state index in [0.29, 0.717) is 19.3 Å². The van der Waals surface area contributed by atoms with E-state index >= 15 is 0 Å². The molecule has 0 amide bonds. The number of fused-ring (bicyclic) bond motifs is 6. The zero-order valence-corrected chi connectivity index (χ0v) is 29.4. The third-order valence-corrected chi connectivity index (χ3v) is 9.17. The van der Waals surface area contributed by atoms with Gasteiger partial charge in [-0.2, -0.15) is 0 Å². The SMILES string of the molecule is CC1CCc2c(c3ccc(Br)nc3n2C)C1.COCCBr.COCCOC1CCc2c(c3ccc(Br)nc3n2C)C1. The van der Waals surface area contributed by atoms with Crippen LogP contribution in [0.2, 0.25) is 0 Å². The van der Waals surface area contributed by atoms with Crippen LogP contribution in [0.1, 0.15) is 42.3 Å². The Labute approximate surface area is 268 Å². The summed E-state index contributed by atoms with van der Waals surface area (Å²) < 4.78 is 21.9. The Morgan fingerprint density at radius 2 is 1.32 bits per heavy atom. The van der Waals surface area contributed by atoms with Crippen molar-refractivity contribution < 1.29 is 14.2 Å². The summed E-state index contributed by atoms with van der Waals surface area (Å²) in [6.45, 7) is 4.48. The fraction of sp³-hybridized carbons (Fsp3) is 0.548. The van der Waals surface area contributed by atoms with Gasteiger partial charge in [-0.05, 0) is 105 Å². The van der Waals surface area contributed by atoms with Gasteiger partial charge < -0.3 is 23.3 Å². The van der Waals surface area contributed by atoms with Crippen LogP contribution in [0, 0.1) is 5.92 Å². The first kappa shape index (κ1) is 32.6. The first-order valence-corrected chi connectivity index (χ1v) is 16.9. The maximum atomic E-state index is 5.90. The molecular weight excluding hydrogens is 716 g/mol. The highest BCUT2D eigenvalue weighted by molar-refractivity contribution is 9.10. The Balaban J connectivity index is 0.000000165. The summed E-state index contributed by atoms with van der Waals surface area (Å²) in [6.07, 6.45) is 7.10. The van der Waals surface area contributed by atoms with Crippen LogP contribution in [0.25, 0.3) is 22.1 Å². The molecule has 224 valence electrons. The number of hydrogen-bond acceptors (Lipinski definition) is 5.